The lowest BCUT2D eigenvalue weighted by Crippen LogP contribution is -2.15. The van der Waals surface area contributed by atoms with Gasteiger partial charge in [-0.25, -0.2) is 0 Å². The first kappa shape index (κ1) is 15.6. The smallest absolute Gasteiger partial charge is 0.196 e. The molecule has 2 rings (SSSR count). The third-order valence-corrected chi connectivity index (χ3v) is 5.50. The van der Waals surface area contributed by atoms with Gasteiger partial charge in [-0.3, -0.25) is 9.59 Å². The van der Waals surface area contributed by atoms with Gasteiger partial charge in [0.25, 0.3) is 0 Å². The normalized spacial score (nSPS) is 12.0. The number of carbonyl (C=O) groups is 2. The van der Waals surface area contributed by atoms with E-state index in [0.29, 0.717) is 5.56 Å². The lowest BCUT2D eigenvalue weighted by Gasteiger charge is -2.17. The van der Waals surface area contributed by atoms with Crippen molar-refractivity contribution in [3.05, 3.63) is 64.7 Å². The van der Waals surface area contributed by atoms with Crippen LogP contribution >= 0.6 is 7.92 Å². The maximum atomic E-state index is 12.9. The SMILES string of the molecule is CC(=O)P(C(=O)c1c(C)cc(C)cc1C)c1ccccc1. The van der Waals surface area contributed by atoms with Crippen LogP contribution in [0.3, 0.4) is 0 Å². The first-order valence-corrected chi connectivity index (χ1v) is 8.24. The van der Waals surface area contributed by atoms with Gasteiger partial charge in [-0.2, -0.15) is 0 Å². The fraction of sp³-hybridized carbons (Fsp3) is 0.222. The fourth-order valence-electron chi connectivity index (χ4n) is 2.65. The predicted molar refractivity (Wildman–Crippen MR) is 88.7 cm³/mol. The minimum Gasteiger partial charge on any atom is -0.294 e. The van der Waals surface area contributed by atoms with Gasteiger partial charge in [0.15, 0.2) is 11.0 Å². The highest BCUT2D eigenvalue weighted by atomic mass is 31.1. The summed E-state index contributed by atoms with van der Waals surface area (Å²) in [6.07, 6.45) is 0. The van der Waals surface area contributed by atoms with Crippen LogP contribution in [0.5, 0.6) is 0 Å². The average Bonchev–Trinajstić information content (AvgIpc) is 2.38. The largest absolute Gasteiger partial charge is 0.294 e. The molecule has 2 aromatic rings. The Hall–Kier alpha value is -1.79. The van der Waals surface area contributed by atoms with E-state index in [1.165, 1.54) is 6.92 Å². The first-order valence-electron chi connectivity index (χ1n) is 6.89. The molecule has 1 atom stereocenters. The monoisotopic (exact) mass is 298 g/mol. The molecule has 0 aliphatic rings. The van der Waals surface area contributed by atoms with E-state index in [-0.39, 0.29) is 11.0 Å². The van der Waals surface area contributed by atoms with Crippen molar-refractivity contribution in [2.45, 2.75) is 27.7 Å². The van der Waals surface area contributed by atoms with E-state index in [1.807, 2.05) is 63.2 Å². The van der Waals surface area contributed by atoms with Crippen molar-refractivity contribution >= 4 is 24.3 Å². The second-order valence-corrected chi connectivity index (χ2v) is 7.49. The highest BCUT2D eigenvalue weighted by Gasteiger charge is 2.28. The molecule has 2 nitrogen and oxygen atoms in total. The van der Waals surface area contributed by atoms with Gasteiger partial charge < -0.3 is 0 Å². The molecule has 21 heavy (non-hydrogen) atoms. The van der Waals surface area contributed by atoms with Crippen molar-refractivity contribution in [3.63, 3.8) is 0 Å². The summed E-state index contributed by atoms with van der Waals surface area (Å²) in [4.78, 5) is 25.0. The second-order valence-electron chi connectivity index (χ2n) is 5.27. The van der Waals surface area contributed by atoms with Gasteiger partial charge in [-0.15, -0.1) is 0 Å². The third-order valence-electron chi connectivity index (χ3n) is 3.42. The summed E-state index contributed by atoms with van der Waals surface area (Å²) in [7, 11) is -1.47. The molecule has 0 N–H and O–H groups in total. The number of carbonyl (C=O) groups excluding carboxylic acids is 2. The Kier molecular flexibility index (Phi) is 4.69. The molecule has 0 aromatic heterocycles. The van der Waals surface area contributed by atoms with Crippen molar-refractivity contribution in [1.82, 2.24) is 0 Å². The second kappa shape index (κ2) is 6.32. The van der Waals surface area contributed by atoms with Gasteiger partial charge in [0.05, 0.1) is 7.92 Å². The van der Waals surface area contributed by atoms with E-state index < -0.39 is 7.92 Å². The molecule has 2 aromatic carbocycles. The van der Waals surface area contributed by atoms with Crippen molar-refractivity contribution in [1.29, 1.82) is 0 Å². The van der Waals surface area contributed by atoms with Crippen LogP contribution < -0.4 is 5.30 Å². The number of aryl methyl sites for hydroxylation is 3. The van der Waals surface area contributed by atoms with E-state index in [2.05, 4.69) is 0 Å². The Balaban J connectivity index is 2.53. The number of benzene rings is 2. The van der Waals surface area contributed by atoms with Gasteiger partial charge in [-0.05, 0) is 44.1 Å². The lowest BCUT2D eigenvalue weighted by atomic mass is 10.0. The summed E-state index contributed by atoms with van der Waals surface area (Å²) in [6.45, 7) is 7.40. The Bertz CT molecular complexity index is 667. The Morgan fingerprint density at radius 3 is 1.90 bits per heavy atom. The van der Waals surface area contributed by atoms with Crippen molar-refractivity contribution in [3.8, 4) is 0 Å². The van der Waals surface area contributed by atoms with Crippen molar-refractivity contribution in [2.75, 3.05) is 0 Å². The Morgan fingerprint density at radius 1 is 0.905 bits per heavy atom. The van der Waals surface area contributed by atoms with Crippen LogP contribution in [0, 0.1) is 20.8 Å². The van der Waals surface area contributed by atoms with E-state index >= 15 is 0 Å². The summed E-state index contributed by atoms with van der Waals surface area (Å²) < 4.78 is 0. The van der Waals surface area contributed by atoms with Crippen LogP contribution in [0.15, 0.2) is 42.5 Å². The molecule has 0 heterocycles. The van der Waals surface area contributed by atoms with Gasteiger partial charge in [0.2, 0.25) is 0 Å². The van der Waals surface area contributed by atoms with Gasteiger partial charge in [0.1, 0.15) is 0 Å². The highest BCUT2D eigenvalue weighted by molar-refractivity contribution is 7.95. The minimum absolute atomic E-state index is 0.0429. The maximum absolute atomic E-state index is 12.9. The van der Waals surface area contributed by atoms with E-state index in [4.69, 9.17) is 0 Å². The quantitative estimate of drug-likeness (QED) is 0.796. The van der Waals surface area contributed by atoms with E-state index in [9.17, 15) is 9.59 Å². The molecule has 3 heteroatoms. The van der Waals surface area contributed by atoms with Gasteiger partial charge >= 0.3 is 0 Å². The van der Waals surface area contributed by atoms with Crippen LogP contribution in [-0.4, -0.2) is 11.0 Å². The van der Waals surface area contributed by atoms with Gasteiger partial charge in [-0.1, -0.05) is 48.0 Å². The molecule has 1 unspecified atom stereocenters. The molecule has 0 aliphatic heterocycles. The summed E-state index contributed by atoms with van der Waals surface area (Å²) in [5.41, 5.74) is 3.63. The Labute approximate surface area is 127 Å². The molecular weight excluding hydrogens is 279 g/mol. The standard InChI is InChI=1S/C18H19O2P/c1-12-10-13(2)17(14(3)11-12)18(20)21(15(4)19)16-8-6-5-7-9-16/h5-11H,1-4H3. The molecule has 0 saturated carbocycles. The topological polar surface area (TPSA) is 34.1 Å². The zero-order chi connectivity index (χ0) is 15.6. The van der Waals surface area contributed by atoms with E-state index in [0.717, 1.165) is 22.0 Å². The average molecular weight is 298 g/mol. The van der Waals surface area contributed by atoms with Crippen molar-refractivity contribution < 1.29 is 9.59 Å². The molecule has 108 valence electrons. The number of hydrogen-bond donors (Lipinski definition) is 0. The van der Waals surface area contributed by atoms with E-state index in [1.54, 1.807) is 0 Å². The molecule has 0 spiro atoms. The fourth-order valence-corrected chi connectivity index (χ4v) is 4.58. The maximum Gasteiger partial charge on any atom is 0.196 e. The molecule has 0 saturated heterocycles. The number of rotatable bonds is 4. The zero-order valence-electron chi connectivity index (χ0n) is 12.8. The number of hydrogen-bond acceptors (Lipinski definition) is 2. The van der Waals surface area contributed by atoms with Crippen LogP contribution in [0.4, 0.5) is 0 Å². The molecule has 0 fully saturated rings. The lowest BCUT2D eigenvalue weighted by molar-refractivity contribution is -0.109. The summed E-state index contributed by atoms with van der Waals surface area (Å²) in [6, 6.07) is 13.4. The summed E-state index contributed by atoms with van der Waals surface area (Å²) in [5, 5.41) is 0.823. The minimum atomic E-state index is -1.47. The van der Waals surface area contributed by atoms with Crippen LogP contribution in [0.2, 0.25) is 0 Å². The molecule has 0 aliphatic carbocycles. The zero-order valence-corrected chi connectivity index (χ0v) is 13.7. The first-order chi connectivity index (χ1) is 9.91. The predicted octanol–water partition coefficient (Wildman–Crippen LogP) is 4.11. The van der Waals surface area contributed by atoms with Gasteiger partial charge in [0, 0.05) is 5.56 Å². The van der Waals surface area contributed by atoms with Crippen LogP contribution in [-0.2, 0) is 4.79 Å². The van der Waals surface area contributed by atoms with Crippen LogP contribution in [0.1, 0.15) is 34.0 Å². The van der Waals surface area contributed by atoms with Crippen LogP contribution in [0.25, 0.3) is 0 Å². The molecular formula is C18H19O2P. The molecule has 0 amide bonds. The third kappa shape index (κ3) is 3.28. The molecule has 0 radical (unpaired) electrons. The highest BCUT2D eigenvalue weighted by Crippen LogP contribution is 2.41. The summed E-state index contributed by atoms with van der Waals surface area (Å²) >= 11 is 0. The summed E-state index contributed by atoms with van der Waals surface area (Å²) in [5.74, 6) is 0. The molecule has 0 bridgehead atoms. The van der Waals surface area contributed by atoms with Crippen molar-refractivity contribution in [2.24, 2.45) is 0 Å². The Morgan fingerprint density at radius 2 is 1.43 bits per heavy atom.